The van der Waals surface area contributed by atoms with Gasteiger partial charge in [0.25, 0.3) is 0 Å². The first-order chi connectivity index (χ1) is 18.8. The van der Waals surface area contributed by atoms with Crippen molar-refractivity contribution in [3.05, 3.63) is 69.9 Å². The van der Waals surface area contributed by atoms with E-state index in [0.29, 0.717) is 42.4 Å². The summed E-state index contributed by atoms with van der Waals surface area (Å²) in [7, 11) is 3.15. The Balaban J connectivity index is 1.57. The topological polar surface area (TPSA) is 57.5 Å². The molecule has 1 saturated carbocycles. The highest BCUT2D eigenvalue weighted by Crippen LogP contribution is 2.49. The number of nitrogens with zero attached hydrogens (tertiary/aromatic N) is 3. The lowest BCUT2D eigenvalue weighted by Gasteiger charge is -2.36. The maximum absolute atomic E-state index is 14.5. The SMILES string of the molecule is COc1cc(OC)cc(C2=NN(c3cc(N4CCC(O)C4)ccc3C(F)(F)F)C(=C3CCC3)C3=C2CCC3)c1. The predicted octanol–water partition coefficient (Wildman–Crippen LogP) is 6.44. The van der Waals surface area contributed by atoms with Crippen LogP contribution in [0.25, 0.3) is 0 Å². The summed E-state index contributed by atoms with van der Waals surface area (Å²) in [5.74, 6) is 1.18. The zero-order valence-corrected chi connectivity index (χ0v) is 22.1. The molecule has 6 rings (SSSR count). The third kappa shape index (κ3) is 4.67. The van der Waals surface area contributed by atoms with Gasteiger partial charge in [-0.1, -0.05) is 0 Å². The van der Waals surface area contributed by atoms with Crippen molar-refractivity contribution in [2.24, 2.45) is 5.10 Å². The lowest BCUT2D eigenvalue weighted by atomic mass is 9.85. The maximum atomic E-state index is 14.5. The van der Waals surface area contributed by atoms with Crippen LogP contribution in [0.4, 0.5) is 24.5 Å². The number of hydrogen-bond acceptors (Lipinski definition) is 6. The number of benzene rings is 2. The maximum Gasteiger partial charge on any atom is 0.418 e. The molecule has 1 unspecified atom stereocenters. The van der Waals surface area contributed by atoms with Crippen LogP contribution in [0, 0.1) is 0 Å². The van der Waals surface area contributed by atoms with Gasteiger partial charge < -0.3 is 19.5 Å². The Morgan fingerprint density at radius 1 is 0.923 bits per heavy atom. The fourth-order valence-electron chi connectivity index (χ4n) is 6.02. The summed E-state index contributed by atoms with van der Waals surface area (Å²) in [5, 5.41) is 16.6. The van der Waals surface area contributed by atoms with Crippen LogP contribution in [0.1, 0.15) is 56.1 Å². The second kappa shape index (κ2) is 9.93. The molecule has 1 atom stereocenters. The molecular weight excluding hydrogens is 507 g/mol. The Morgan fingerprint density at radius 2 is 1.62 bits per heavy atom. The highest BCUT2D eigenvalue weighted by Gasteiger charge is 2.40. The number of hydrogen-bond donors (Lipinski definition) is 1. The van der Waals surface area contributed by atoms with Crippen molar-refractivity contribution in [2.45, 2.75) is 57.2 Å². The van der Waals surface area contributed by atoms with Gasteiger partial charge in [-0.25, -0.2) is 5.01 Å². The number of hydrazone groups is 1. The van der Waals surface area contributed by atoms with Crippen molar-refractivity contribution in [1.82, 2.24) is 0 Å². The fraction of sp³-hybridized carbons (Fsp3) is 0.433. The standard InChI is InChI=1S/C30H32F3N3O3/c1-38-22-13-19(14-23(16-22)39-2)28-24-7-4-8-25(24)29(18-5-3-6-18)36(34-28)27-15-20(35-12-11-21(37)17-35)9-10-26(27)30(31,32)33/h9-10,13-16,21,37H,3-8,11-12,17H2,1-2H3. The molecule has 0 spiro atoms. The van der Waals surface area contributed by atoms with Crippen LogP contribution in [0.15, 0.2) is 63.9 Å². The molecule has 2 fully saturated rings. The number of halogens is 3. The number of alkyl halides is 3. The van der Waals surface area contributed by atoms with E-state index in [1.54, 1.807) is 31.4 Å². The summed E-state index contributed by atoms with van der Waals surface area (Å²) in [5.41, 5.74) is 5.50. The summed E-state index contributed by atoms with van der Waals surface area (Å²) < 4.78 is 54.5. The van der Waals surface area contributed by atoms with E-state index in [-0.39, 0.29) is 5.69 Å². The fourth-order valence-corrected chi connectivity index (χ4v) is 6.02. The number of aliphatic hydroxyl groups excluding tert-OH is 1. The van der Waals surface area contributed by atoms with Crippen molar-refractivity contribution in [3.8, 4) is 11.5 Å². The highest BCUT2D eigenvalue weighted by molar-refractivity contribution is 6.15. The molecule has 2 aliphatic carbocycles. The number of β-amino-alcohol motifs (C(OH)–C–C–N with tert-alkyl or cyclic N) is 1. The minimum atomic E-state index is -4.56. The van der Waals surface area contributed by atoms with Gasteiger partial charge in [0, 0.05) is 30.4 Å². The van der Waals surface area contributed by atoms with E-state index in [1.807, 2.05) is 17.0 Å². The number of allylic oxidation sites excluding steroid dienone is 3. The Morgan fingerprint density at radius 3 is 2.21 bits per heavy atom. The van der Waals surface area contributed by atoms with Gasteiger partial charge in [-0.2, -0.15) is 18.3 Å². The number of aliphatic hydroxyl groups is 1. The summed E-state index contributed by atoms with van der Waals surface area (Å²) in [6.45, 7) is 0.986. The summed E-state index contributed by atoms with van der Waals surface area (Å²) >= 11 is 0. The molecule has 2 aromatic rings. The molecule has 206 valence electrons. The Labute approximate surface area is 226 Å². The third-order valence-electron chi connectivity index (χ3n) is 8.16. The first-order valence-corrected chi connectivity index (χ1v) is 13.5. The van der Waals surface area contributed by atoms with E-state index in [9.17, 15) is 18.3 Å². The van der Waals surface area contributed by atoms with Crippen molar-refractivity contribution in [1.29, 1.82) is 0 Å². The number of rotatable bonds is 5. The Kier molecular flexibility index (Phi) is 6.57. The zero-order valence-electron chi connectivity index (χ0n) is 22.1. The molecule has 2 aliphatic heterocycles. The average molecular weight is 540 g/mol. The second-order valence-electron chi connectivity index (χ2n) is 10.6. The van der Waals surface area contributed by atoms with Gasteiger partial charge in [0.2, 0.25) is 0 Å². The van der Waals surface area contributed by atoms with Crippen molar-refractivity contribution < 1.29 is 27.8 Å². The molecule has 6 nitrogen and oxygen atoms in total. The quantitative estimate of drug-likeness (QED) is 0.474. The van der Waals surface area contributed by atoms with Crippen LogP contribution in [-0.2, 0) is 6.18 Å². The van der Waals surface area contributed by atoms with Crippen LogP contribution in [-0.4, -0.2) is 44.2 Å². The third-order valence-corrected chi connectivity index (χ3v) is 8.16. The zero-order chi connectivity index (χ0) is 27.3. The molecule has 0 bridgehead atoms. The number of ether oxygens (including phenoxy) is 2. The normalized spacial score (nSPS) is 21.3. The molecule has 0 aromatic heterocycles. The Hall–Kier alpha value is -3.46. The molecular formula is C30H32F3N3O3. The summed E-state index contributed by atoms with van der Waals surface area (Å²) in [4.78, 5) is 1.94. The molecule has 39 heavy (non-hydrogen) atoms. The predicted molar refractivity (Wildman–Crippen MR) is 145 cm³/mol. The average Bonchev–Trinajstić information content (AvgIpc) is 3.56. The highest BCUT2D eigenvalue weighted by atomic mass is 19.4. The van der Waals surface area contributed by atoms with Gasteiger partial charge in [0.1, 0.15) is 11.5 Å². The molecule has 2 aromatic carbocycles. The largest absolute Gasteiger partial charge is 0.497 e. The van der Waals surface area contributed by atoms with E-state index < -0.39 is 17.8 Å². The van der Waals surface area contributed by atoms with E-state index in [2.05, 4.69) is 0 Å². The minimum absolute atomic E-state index is 0.0154. The second-order valence-corrected chi connectivity index (χ2v) is 10.6. The van der Waals surface area contributed by atoms with Gasteiger partial charge in [-0.15, -0.1) is 0 Å². The lowest BCUT2D eigenvalue weighted by molar-refractivity contribution is -0.137. The Bertz CT molecular complexity index is 1370. The first kappa shape index (κ1) is 25.8. The van der Waals surface area contributed by atoms with Crippen LogP contribution in [0.2, 0.25) is 0 Å². The summed E-state index contributed by atoms with van der Waals surface area (Å²) in [6.07, 6.45) is 0.819. The minimum Gasteiger partial charge on any atom is -0.497 e. The number of anilines is 2. The molecule has 4 aliphatic rings. The first-order valence-electron chi connectivity index (χ1n) is 13.5. The summed E-state index contributed by atoms with van der Waals surface area (Å²) in [6, 6.07) is 9.73. The van der Waals surface area contributed by atoms with Gasteiger partial charge >= 0.3 is 6.18 Å². The van der Waals surface area contributed by atoms with Crippen LogP contribution < -0.4 is 19.4 Å². The van der Waals surface area contributed by atoms with E-state index >= 15 is 0 Å². The van der Waals surface area contributed by atoms with Gasteiger partial charge in [0.15, 0.2) is 0 Å². The van der Waals surface area contributed by atoms with E-state index in [0.717, 1.165) is 72.6 Å². The molecule has 1 saturated heterocycles. The molecule has 0 radical (unpaired) electrons. The molecule has 2 heterocycles. The van der Waals surface area contributed by atoms with Crippen molar-refractivity contribution >= 4 is 17.1 Å². The van der Waals surface area contributed by atoms with E-state index in [4.69, 9.17) is 14.6 Å². The van der Waals surface area contributed by atoms with Gasteiger partial charge in [-0.05, 0) is 92.0 Å². The molecule has 1 N–H and O–H groups in total. The van der Waals surface area contributed by atoms with E-state index in [1.165, 1.54) is 6.07 Å². The number of methoxy groups -OCH3 is 2. The van der Waals surface area contributed by atoms with Crippen molar-refractivity contribution in [3.63, 3.8) is 0 Å². The van der Waals surface area contributed by atoms with Gasteiger partial charge in [-0.3, -0.25) is 0 Å². The lowest BCUT2D eigenvalue weighted by Crippen LogP contribution is -2.31. The van der Waals surface area contributed by atoms with Crippen LogP contribution in [0.5, 0.6) is 11.5 Å². The smallest absolute Gasteiger partial charge is 0.418 e. The molecule has 9 heteroatoms. The van der Waals surface area contributed by atoms with Crippen LogP contribution >= 0.6 is 0 Å². The van der Waals surface area contributed by atoms with Crippen molar-refractivity contribution in [2.75, 3.05) is 37.2 Å². The van der Waals surface area contributed by atoms with Crippen LogP contribution in [0.3, 0.4) is 0 Å². The monoisotopic (exact) mass is 539 g/mol. The van der Waals surface area contributed by atoms with Gasteiger partial charge in [0.05, 0.1) is 43.0 Å². The molecule has 0 amide bonds.